The molecular weight excluding hydrogens is 867 g/mol. The molecule has 1 unspecified atom stereocenters. The van der Waals surface area contributed by atoms with Gasteiger partial charge in [-0.25, -0.2) is 0 Å². The highest BCUT2D eigenvalue weighted by Crippen LogP contribution is 2.64. The fourth-order valence-electron chi connectivity index (χ4n) is 12.3. The smallest absolute Gasteiger partial charge is 0.159 e. The average molecular weight is 908 g/mol. The first-order chi connectivity index (χ1) is 34.8. The van der Waals surface area contributed by atoms with Crippen molar-refractivity contribution in [3.63, 3.8) is 0 Å². The van der Waals surface area contributed by atoms with Gasteiger partial charge in [-0.05, 0) is 115 Å². The lowest BCUT2D eigenvalue weighted by Crippen LogP contribution is -2.29. The number of hydrogen-bond acceptors (Lipinski definition) is 3. The van der Waals surface area contributed by atoms with Gasteiger partial charge in [0.25, 0.3) is 0 Å². The predicted octanol–water partition coefficient (Wildman–Crippen LogP) is 18.6. The Kier molecular flexibility index (Phi) is 8.48. The van der Waals surface area contributed by atoms with E-state index in [1.807, 2.05) is 11.3 Å². The molecule has 0 saturated heterocycles. The van der Waals surface area contributed by atoms with Gasteiger partial charge in [0.2, 0.25) is 0 Å². The van der Waals surface area contributed by atoms with Gasteiger partial charge in [-0.15, -0.1) is 11.3 Å². The number of thiophene rings is 1. The summed E-state index contributed by atoms with van der Waals surface area (Å²) < 4.78 is 9.94. The number of fused-ring (bicyclic) bond motifs is 21. The fraction of sp³-hybridized carbons (Fsp3) is 0.0149. The molecule has 15 rings (SSSR count). The molecule has 1 atom stereocenters. The second kappa shape index (κ2) is 15.1. The van der Waals surface area contributed by atoms with Gasteiger partial charge in [0.1, 0.15) is 5.75 Å². The highest BCUT2D eigenvalue weighted by atomic mass is 32.1. The van der Waals surface area contributed by atoms with Crippen LogP contribution in [0.15, 0.2) is 249 Å². The van der Waals surface area contributed by atoms with Gasteiger partial charge in [-0.2, -0.15) is 0 Å². The zero-order valence-corrected chi connectivity index (χ0v) is 38.8. The maximum absolute atomic E-state index is 7.33. The van der Waals surface area contributed by atoms with Crippen LogP contribution in [0.1, 0.15) is 22.3 Å². The molecule has 1 aliphatic heterocycles. The van der Waals surface area contributed by atoms with E-state index < -0.39 is 5.41 Å². The van der Waals surface area contributed by atoms with E-state index in [0.717, 1.165) is 61.9 Å². The van der Waals surface area contributed by atoms with Crippen LogP contribution in [0.3, 0.4) is 0 Å². The van der Waals surface area contributed by atoms with E-state index in [4.69, 9.17) is 4.74 Å². The van der Waals surface area contributed by atoms with Gasteiger partial charge < -0.3 is 9.64 Å². The highest BCUT2D eigenvalue weighted by Gasteiger charge is 2.50. The summed E-state index contributed by atoms with van der Waals surface area (Å²) in [5, 5.41) is 2.64. The minimum atomic E-state index is -0.698. The largest absolute Gasteiger partial charge is 0.454 e. The Balaban J connectivity index is 1.09. The minimum absolute atomic E-state index is 0.698. The van der Waals surface area contributed by atoms with Crippen molar-refractivity contribution in [3.8, 4) is 78.3 Å². The summed E-state index contributed by atoms with van der Waals surface area (Å²) in [5.41, 5.74) is 21.7. The van der Waals surface area contributed by atoms with E-state index >= 15 is 0 Å². The fourth-order valence-corrected chi connectivity index (χ4v) is 13.4. The topological polar surface area (TPSA) is 12.5 Å². The SMILES string of the molecule is c1ccc(-c2ccccc2N(c2ccc3c(c2)C2(c4ccccc4-c4ccccc4-3)c3ccccc3-c3c2ccc2sc4ccccc4c32)c2cccc3c2Oc2ccccc2-c2ccccc2-3)cc1. The van der Waals surface area contributed by atoms with Crippen LogP contribution in [0, 0.1) is 0 Å². The minimum Gasteiger partial charge on any atom is -0.454 e. The molecule has 326 valence electrons. The molecule has 11 aromatic carbocycles. The third kappa shape index (κ3) is 5.44. The average Bonchev–Trinajstić information content (AvgIpc) is 3.87. The molecule has 0 bridgehead atoms. The number of nitrogens with zero attached hydrogens (tertiary/aromatic N) is 1. The molecule has 12 aromatic rings. The lowest BCUT2D eigenvalue weighted by atomic mass is 9.65. The number of anilines is 3. The molecule has 0 fully saturated rings. The first kappa shape index (κ1) is 39.3. The first-order valence-corrected chi connectivity index (χ1v) is 24.9. The number of rotatable bonds is 4. The van der Waals surface area contributed by atoms with Crippen molar-refractivity contribution in [3.05, 3.63) is 271 Å². The van der Waals surface area contributed by atoms with Crippen LogP contribution in [0.5, 0.6) is 11.5 Å². The third-order valence-corrected chi connectivity index (χ3v) is 16.3. The van der Waals surface area contributed by atoms with Gasteiger partial charge in [-0.1, -0.05) is 206 Å². The maximum Gasteiger partial charge on any atom is 0.159 e. The summed E-state index contributed by atoms with van der Waals surface area (Å²) in [7, 11) is 0. The standard InChI is InChI=1S/C67H41NOS/c1-2-19-42(20-3-1)44-21-10-15-33-59(44)68(60-34-18-30-52-48-25-7-6-24-47(48)51-27-11-16-35-61(51)69-66(52)60)43-37-38-50-46-23-5-4-22-45(46)49-26-8-13-31-55(49)67(58(50)41-43)56-32-14-9-28-53(56)64-57(67)39-40-63-65(64)54-29-12-17-36-62(54)70-63/h1-41H. The highest BCUT2D eigenvalue weighted by molar-refractivity contribution is 7.26. The summed E-state index contributed by atoms with van der Waals surface area (Å²) in [6.07, 6.45) is 0. The summed E-state index contributed by atoms with van der Waals surface area (Å²) in [4.78, 5) is 2.46. The molecule has 3 aliphatic rings. The van der Waals surface area contributed by atoms with E-state index in [1.54, 1.807) is 0 Å². The second-order valence-corrected chi connectivity index (χ2v) is 19.7. The molecule has 0 saturated carbocycles. The quantitative estimate of drug-likeness (QED) is 0.174. The third-order valence-electron chi connectivity index (χ3n) is 15.1. The molecular formula is C67H41NOS. The Morgan fingerprint density at radius 2 is 0.900 bits per heavy atom. The van der Waals surface area contributed by atoms with E-state index in [9.17, 15) is 0 Å². The maximum atomic E-state index is 7.33. The van der Waals surface area contributed by atoms with Crippen LogP contribution < -0.4 is 9.64 Å². The van der Waals surface area contributed by atoms with Crippen LogP contribution in [-0.4, -0.2) is 0 Å². The zero-order valence-electron chi connectivity index (χ0n) is 37.9. The zero-order chi connectivity index (χ0) is 45.9. The normalized spacial score (nSPS) is 14.5. The van der Waals surface area contributed by atoms with E-state index in [0.29, 0.717) is 0 Å². The Bertz CT molecular complexity index is 4130. The van der Waals surface area contributed by atoms with Crippen LogP contribution in [-0.2, 0) is 5.41 Å². The molecule has 1 spiro atoms. The van der Waals surface area contributed by atoms with Gasteiger partial charge in [0.15, 0.2) is 5.75 Å². The summed E-state index contributed by atoms with van der Waals surface area (Å²) in [5.74, 6) is 1.64. The summed E-state index contributed by atoms with van der Waals surface area (Å²) >= 11 is 1.89. The van der Waals surface area contributed by atoms with Crippen LogP contribution in [0.25, 0.3) is 86.9 Å². The van der Waals surface area contributed by atoms with Crippen molar-refractivity contribution in [2.24, 2.45) is 0 Å². The van der Waals surface area contributed by atoms with Gasteiger partial charge in [-0.3, -0.25) is 0 Å². The monoisotopic (exact) mass is 907 g/mol. The van der Waals surface area contributed by atoms with Crippen molar-refractivity contribution in [2.75, 3.05) is 4.90 Å². The molecule has 2 aliphatic carbocycles. The van der Waals surface area contributed by atoms with Crippen LogP contribution in [0.2, 0.25) is 0 Å². The van der Waals surface area contributed by atoms with Crippen molar-refractivity contribution in [1.29, 1.82) is 0 Å². The van der Waals surface area contributed by atoms with Gasteiger partial charge in [0.05, 0.1) is 16.8 Å². The van der Waals surface area contributed by atoms with E-state index in [2.05, 4.69) is 254 Å². The van der Waals surface area contributed by atoms with Gasteiger partial charge >= 0.3 is 0 Å². The molecule has 0 amide bonds. The molecule has 0 radical (unpaired) electrons. The lowest BCUT2D eigenvalue weighted by molar-refractivity contribution is 0.489. The number of benzene rings is 11. The van der Waals surface area contributed by atoms with Gasteiger partial charge in [0, 0.05) is 42.6 Å². The summed E-state index contributed by atoms with van der Waals surface area (Å²) in [6.45, 7) is 0. The van der Waals surface area contributed by atoms with Crippen LogP contribution in [0.4, 0.5) is 17.1 Å². The molecule has 0 N–H and O–H groups in total. The molecule has 70 heavy (non-hydrogen) atoms. The Hall–Kier alpha value is -8.76. The number of ether oxygens (including phenoxy) is 1. The Morgan fingerprint density at radius 3 is 1.69 bits per heavy atom. The van der Waals surface area contributed by atoms with Crippen molar-refractivity contribution < 1.29 is 4.74 Å². The van der Waals surface area contributed by atoms with E-state index in [1.165, 1.54) is 75.8 Å². The molecule has 1 aromatic heterocycles. The first-order valence-electron chi connectivity index (χ1n) is 24.1. The Labute approximate surface area is 410 Å². The number of hydrogen-bond donors (Lipinski definition) is 0. The van der Waals surface area contributed by atoms with E-state index in [-0.39, 0.29) is 0 Å². The molecule has 3 heteroatoms. The summed E-state index contributed by atoms with van der Waals surface area (Å²) in [6, 6.07) is 92.0. The van der Waals surface area contributed by atoms with Crippen molar-refractivity contribution >= 4 is 48.6 Å². The molecule has 2 heterocycles. The molecule has 2 nitrogen and oxygen atoms in total. The lowest BCUT2D eigenvalue weighted by Gasteiger charge is -2.37. The predicted molar refractivity (Wildman–Crippen MR) is 292 cm³/mol. The number of para-hydroxylation sites is 3. The van der Waals surface area contributed by atoms with Crippen molar-refractivity contribution in [1.82, 2.24) is 0 Å². The van der Waals surface area contributed by atoms with Crippen LogP contribution >= 0.6 is 11.3 Å². The second-order valence-electron chi connectivity index (χ2n) is 18.6. The Morgan fingerprint density at radius 1 is 0.343 bits per heavy atom. The van der Waals surface area contributed by atoms with Crippen molar-refractivity contribution in [2.45, 2.75) is 5.41 Å².